The molecule has 0 spiro atoms. The number of likely N-dealkylation sites (N-methyl/N-ethyl adjacent to an activating group) is 1. The Labute approximate surface area is 123 Å². The first kappa shape index (κ1) is 13.9. The second-order valence-corrected chi connectivity index (χ2v) is 5.75. The smallest absolute Gasteiger partial charge is 0.335 e. The van der Waals surface area contributed by atoms with E-state index in [9.17, 15) is 9.59 Å². The third-order valence-corrected chi connectivity index (χ3v) is 4.19. The summed E-state index contributed by atoms with van der Waals surface area (Å²) in [5.41, 5.74) is 2.02. The van der Waals surface area contributed by atoms with Crippen molar-refractivity contribution in [3.63, 3.8) is 0 Å². The van der Waals surface area contributed by atoms with E-state index < -0.39 is 5.97 Å². The van der Waals surface area contributed by atoms with Crippen LogP contribution in [0.15, 0.2) is 18.2 Å². The number of nitrogens with one attached hydrogen (secondary N) is 1. The van der Waals surface area contributed by atoms with Crippen molar-refractivity contribution in [2.24, 2.45) is 0 Å². The van der Waals surface area contributed by atoms with Crippen LogP contribution < -0.4 is 10.2 Å². The summed E-state index contributed by atoms with van der Waals surface area (Å²) in [4.78, 5) is 27.3. The average Bonchev–Trinajstić information content (AvgIpc) is 3.04. The van der Waals surface area contributed by atoms with Crippen molar-refractivity contribution >= 4 is 17.7 Å². The number of carboxylic acids is 1. The molecular formula is C15H19N3O3. The molecule has 0 bridgehead atoms. The third kappa shape index (κ3) is 2.71. The van der Waals surface area contributed by atoms with Crippen molar-refractivity contribution in [2.45, 2.75) is 18.9 Å². The highest BCUT2D eigenvalue weighted by atomic mass is 16.4. The maximum Gasteiger partial charge on any atom is 0.335 e. The fraction of sp³-hybridized carbons (Fsp3) is 0.467. The maximum absolute atomic E-state index is 12.4. The molecule has 2 amide bonds. The van der Waals surface area contributed by atoms with E-state index in [-0.39, 0.29) is 17.6 Å². The highest BCUT2D eigenvalue weighted by Gasteiger charge is 2.28. The van der Waals surface area contributed by atoms with Gasteiger partial charge in [0.05, 0.1) is 5.56 Å². The highest BCUT2D eigenvalue weighted by molar-refractivity contribution is 5.96. The molecule has 2 N–H and O–H groups in total. The van der Waals surface area contributed by atoms with Gasteiger partial charge in [0.15, 0.2) is 0 Å². The van der Waals surface area contributed by atoms with E-state index >= 15 is 0 Å². The Bertz CT molecular complexity index is 588. The van der Waals surface area contributed by atoms with Crippen LogP contribution in [0.4, 0.5) is 10.5 Å². The van der Waals surface area contributed by atoms with Gasteiger partial charge in [-0.1, -0.05) is 0 Å². The first-order valence-electron chi connectivity index (χ1n) is 7.17. The van der Waals surface area contributed by atoms with Crippen LogP contribution in [-0.2, 0) is 6.42 Å². The van der Waals surface area contributed by atoms with Gasteiger partial charge in [-0.05, 0) is 50.2 Å². The number of likely N-dealkylation sites (tertiary alicyclic amines) is 1. The van der Waals surface area contributed by atoms with Crippen molar-refractivity contribution in [3.05, 3.63) is 29.3 Å². The lowest BCUT2D eigenvalue weighted by molar-refractivity contribution is 0.0697. The molecular weight excluding hydrogens is 270 g/mol. The highest BCUT2D eigenvalue weighted by Crippen LogP contribution is 2.29. The molecule has 6 nitrogen and oxygen atoms in total. The fourth-order valence-corrected chi connectivity index (χ4v) is 3.05. The molecule has 3 rings (SSSR count). The van der Waals surface area contributed by atoms with E-state index in [4.69, 9.17) is 5.11 Å². The Hall–Kier alpha value is -2.08. The third-order valence-electron chi connectivity index (χ3n) is 4.19. The molecule has 1 aromatic carbocycles. The summed E-state index contributed by atoms with van der Waals surface area (Å²) in [7, 11) is 2.05. The molecule has 1 aromatic rings. The van der Waals surface area contributed by atoms with Crippen molar-refractivity contribution in [2.75, 3.05) is 31.6 Å². The molecule has 0 aliphatic carbocycles. The number of urea groups is 1. The molecule has 0 radical (unpaired) electrons. The summed E-state index contributed by atoms with van der Waals surface area (Å²) in [5.74, 6) is -0.935. The first-order chi connectivity index (χ1) is 10.0. The number of rotatable bonds is 2. The molecule has 2 heterocycles. The zero-order chi connectivity index (χ0) is 15.0. The maximum atomic E-state index is 12.4. The van der Waals surface area contributed by atoms with Gasteiger partial charge in [0.25, 0.3) is 0 Å². The summed E-state index contributed by atoms with van der Waals surface area (Å²) >= 11 is 0. The number of carbonyl (C=O) groups excluding carboxylic acids is 1. The summed E-state index contributed by atoms with van der Waals surface area (Å²) in [6.45, 7) is 2.49. The fourth-order valence-electron chi connectivity index (χ4n) is 3.05. The van der Waals surface area contributed by atoms with Gasteiger partial charge in [-0.3, -0.25) is 4.90 Å². The van der Waals surface area contributed by atoms with Crippen molar-refractivity contribution in [1.82, 2.24) is 10.2 Å². The van der Waals surface area contributed by atoms with Crippen LogP contribution in [-0.4, -0.2) is 54.7 Å². The zero-order valence-electron chi connectivity index (χ0n) is 12.0. The van der Waals surface area contributed by atoms with Crippen LogP contribution >= 0.6 is 0 Å². The van der Waals surface area contributed by atoms with Gasteiger partial charge >= 0.3 is 12.0 Å². The second kappa shape index (κ2) is 5.37. The van der Waals surface area contributed by atoms with E-state index in [1.54, 1.807) is 23.1 Å². The van der Waals surface area contributed by atoms with Crippen LogP contribution in [0, 0.1) is 0 Å². The van der Waals surface area contributed by atoms with E-state index in [0.29, 0.717) is 13.0 Å². The van der Waals surface area contributed by atoms with Crippen LogP contribution in [0.25, 0.3) is 0 Å². The number of benzene rings is 1. The molecule has 112 valence electrons. The molecule has 0 saturated carbocycles. The Kier molecular flexibility index (Phi) is 3.55. The lowest BCUT2D eigenvalue weighted by atomic mass is 10.1. The van der Waals surface area contributed by atoms with Crippen molar-refractivity contribution in [1.29, 1.82) is 0 Å². The topological polar surface area (TPSA) is 72.9 Å². The van der Waals surface area contributed by atoms with Gasteiger partial charge in [-0.15, -0.1) is 0 Å². The monoisotopic (exact) mass is 289 g/mol. The number of fused-ring (bicyclic) bond motifs is 1. The van der Waals surface area contributed by atoms with Crippen LogP contribution in [0.2, 0.25) is 0 Å². The quantitative estimate of drug-likeness (QED) is 0.857. The van der Waals surface area contributed by atoms with E-state index in [0.717, 1.165) is 30.8 Å². The number of aromatic carboxylic acids is 1. The van der Waals surface area contributed by atoms with Gasteiger partial charge in [0, 0.05) is 24.8 Å². The summed E-state index contributed by atoms with van der Waals surface area (Å²) in [6, 6.07) is 5.05. The number of amides is 2. The van der Waals surface area contributed by atoms with Crippen LogP contribution in [0.3, 0.4) is 0 Å². The molecule has 1 atom stereocenters. The molecule has 1 fully saturated rings. The van der Waals surface area contributed by atoms with Crippen molar-refractivity contribution < 1.29 is 14.7 Å². The minimum Gasteiger partial charge on any atom is -0.478 e. The van der Waals surface area contributed by atoms with Crippen LogP contribution in [0.1, 0.15) is 22.3 Å². The lowest BCUT2D eigenvalue weighted by Gasteiger charge is -2.21. The van der Waals surface area contributed by atoms with Crippen LogP contribution in [0.5, 0.6) is 0 Å². The molecule has 21 heavy (non-hydrogen) atoms. The number of carbonyl (C=O) groups is 2. The predicted molar refractivity (Wildman–Crippen MR) is 78.9 cm³/mol. The number of hydrogen-bond acceptors (Lipinski definition) is 3. The number of nitrogens with zero attached hydrogens (tertiary/aromatic N) is 2. The number of anilines is 1. The first-order valence-corrected chi connectivity index (χ1v) is 7.17. The Morgan fingerprint density at radius 3 is 2.81 bits per heavy atom. The van der Waals surface area contributed by atoms with Gasteiger partial charge in [-0.2, -0.15) is 0 Å². The second-order valence-electron chi connectivity index (χ2n) is 5.75. The summed E-state index contributed by atoms with van der Waals surface area (Å²) in [6.07, 6.45) is 1.68. The average molecular weight is 289 g/mol. The predicted octanol–water partition coefficient (Wildman–Crippen LogP) is 1.16. The molecule has 2 aliphatic heterocycles. The Morgan fingerprint density at radius 1 is 1.33 bits per heavy atom. The van der Waals surface area contributed by atoms with Gasteiger partial charge in [0.1, 0.15) is 0 Å². The largest absolute Gasteiger partial charge is 0.478 e. The SMILES string of the molecule is CN1CCC(NC(=O)N2CCc3cc(C(=O)O)ccc32)C1. The Morgan fingerprint density at radius 2 is 2.14 bits per heavy atom. The molecule has 0 aromatic heterocycles. The van der Waals surface area contributed by atoms with E-state index in [1.807, 2.05) is 7.05 Å². The summed E-state index contributed by atoms with van der Waals surface area (Å²) < 4.78 is 0. The standard InChI is InChI=1S/C15H19N3O3/c1-17-6-5-12(9-17)16-15(21)18-7-4-10-8-11(14(19)20)2-3-13(10)18/h2-3,8,12H,4-7,9H2,1H3,(H,16,21)(H,19,20). The van der Waals surface area contributed by atoms with Gasteiger partial charge in [-0.25, -0.2) is 9.59 Å². The molecule has 6 heteroatoms. The number of carboxylic acid groups (broad SMARTS) is 1. The minimum absolute atomic E-state index is 0.0860. The molecule has 1 saturated heterocycles. The molecule has 1 unspecified atom stereocenters. The number of hydrogen-bond donors (Lipinski definition) is 2. The van der Waals surface area contributed by atoms with Gasteiger partial charge < -0.3 is 15.3 Å². The van der Waals surface area contributed by atoms with Gasteiger partial charge in [0.2, 0.25) is 0 Å². The summed E-state index contributed by atoms with van der Waals surface area (Å²) in [5, 5.41) is 12.1. The minimum atomic E-state index is -0.935. The normalized spacial score (nSPS) is 21.4. The Balaban J connectivity index is 1.72. The lowest BCUT2D eigenvalue weighted by Crippen LogP contribution is -2.45. The molecule has 2 aliphatic rings. The zero-order valence-corrected chi connectivity index (χ0v) is 12.0. The van der Waals surface area contributed by atoms with Crippen molar-refractivity contribution in [3.8, 4) is 0 Å². The van der Waals surface area contributed by atoms with E-state index in [2.05, 4.69) is 10.2 Å². The van der Waals surface area contributed by atoms with E-state index in [1.165, 1.54) is 0 Å².